The van der Waals surface area contributed by atoms with E-state index in [1.54, 1.807) is 0 Å². The fourth-order valence-corrected chi connectivity index (χ4v) is 2.68. The molecule has 6 heteroatoms. The number of hydrogen-bond donors (Lipinski definition) is 1. The van der Waals surface area contributed by atoms with Crippen LogP contribution in [-0.2, 0) is 11.3 Å². The summed E-state index contributed by atoms with van der Waals surface area (Å²) in [6.07, 6.45) is 7.73. The molecule has 0 bridgehead atoms. The van der Waals surface area contributed by atoms with Gasteiger partial charge in [-0.3, -0.25) is 4.98 Å². The van der Waals surface area contributed by atoms with Crippen molar-refractivity contribution in [1.82, 2.24) is 14.8 Å². The quantitative estimate of drug-likeness (QED) is 0.634. The summed E-state index contributed by atoms with van der Waals surface area (Å²) in [6, 6.07) is 0. The summed E-state index contributed by atoms with van der Waals surface area (Å²) < 4.78 is 6.88. The molecule has 2 heterocycles. The molecule has 102 valence electrons. The van der Waals surface area contributed by atoms with Gasteiger partial charge in [0, 0.05) is 19.8 Å². The van der Waals surface area contributed by atoms with Crippen molar-refractivity contribution in [2.24, 2.45) is 5.92 Å². The van der Waals surface area contributed by atoms with Gasteiger partial charge in [-0.1, -0.05) is 24.6 Å². The van der Waals surface area contributed by atoms with E-state index in [9.17, 15) is 4.79 Å². The largest absolute Gasteiger partial charge is 0.381 e. The normalized spacial score (nSPS) is 17.2. The minimum absolute atomic E-state index is 0.0922. The predicted octanol–water partition coefficient (Wildman–Crippen LogP) is 1.89. The number of rotatable bonds is 6. The van der Waals surface area contributed by atoms with Gasteiger partial charge in [-0.25, -0.2) is 9.48 Å². The fourth-order valence-electron chi connectivity index (χ4n) is 2.31. The molecule has 0 unspecified atom stereocenters. The maximum absolute atomic E-state index is 11.5. The SMILES string of the molecule is CSc1nn(CCCCC2CCOCC2)c(=O)[nH]1. The number of nitrogens with zero attached hydrogens (tertiary/aromatic N) is 2. The van der Waals surface area contributed by atoms with E-state index in [2.05, 4.69) is 10.1 Å². The van der Waals surface area contributed by atoms with E-state index in [-0.39, 0.29) is 5.69 Å². The topological polar surface area (TPSA) is 59.9 Å². The van der Waals surface area contributed by atoms with Gasteiger partial charge in [0.15, 0.2) is 5.16 Å². The van der Waals surface area contributed by atoms with Crippen molar-refractivity contribution < 1.29 is 4.74 Å². The van der Waals surface area contributed by atoms with Gasteiger partial charge in [0.05, 0.1) is 0 Å². The average molecular weight is 271 g/mol. The first-order valence-corrected chi connectivity index (χ1v) is 7.81. The van der Waals surface area contributed by atoms with Gasteiger partial charge in [-0.15, -0.1) is 5.10 Å². The van der Waals surface area contributed by atoms with Gasteiger partial charge in [-0.05, 0) is 31.4 Å². The van der Waals surface area contributed by atoms with E-state index in [0.717, 1.165) is 32.1 Å². The van der Waals surface area contributed by atoms with Crippen LogP contribution in [0.3, 0.4) is 0 Å². The van der Waals surface area contributed by atoms with E-state index in [1.807, 2.05) is 6.26 Å². The Kier molecular flexibility index (Phi) is 5.31. The second-order valence-electron chi connectivity index (χ2n) is 4.71. The van der Waals surface area contributed by atoms with E-state index in [1.165, 1.54) is 42.1 Å². The van der Waals surface area contributed by atoms with Crippen molar-refractivity contribution in [3.05, 3.63) is 10.5 Å². The number of H-pyrrole nitrogens is 1. The molecule has 1 aromatic heterocycles. The van der Waals surface area contributed by atoms with Crippen LogP contribution in [0.1, 0.15) is 32.1 Å². The van der Waals surface area contributed by atoms with E-state index in [0.29, 0.717) is 5.16 Å². The number of aryl methyl sites for hydroxylation is 1. The zero-order valence-corrected chi connectivity index (χ0v) is 11.7. The van der Waals surface area contributed by atoms with Crippen LogP contribution in [0.4, 0.5) is 0 Å². The highest BCUT2D eigenvalue weighted by Gasteiger charge is 2.13. The van der Waals surface area contributed by atoms with Crippen LogP contribution < -0.4 is 5.69 Å². The van der Waals surface area contributed by atoms with Crippen molar-refractivity contribution in [3.8, 4) is 0 Å². The van der Waals surface area contributed by atoms with Crippen molar-refractivity contribution in [2.45, 2.75) is 43.8 Å². The molecule has 0 saturated carbocycles. The van der Waals surface area contributed by atoms with Crippen LogP contribution in [0.5, 0.6) is 0 Å². The number of aromatic amines is 1. The summed E-state index contributed by atoms with van der Waals surface area (Å²) in [5.41, 5.74) is -0.0922. The highest BCUT2D eigenvalue weighted by molar-refractivity contribution is 7.98. The standard InChI is InChI=1S/C12H21N3O2S/c1-18-11-13-12(16)15(14-11)7-3-2-4-10-5-8-17-9-6-10/h10H,2-9H2,1H3,(H,13,14,16). The first-order valence-electron chi connectivity index (χ1n) is 6.58. The molecule has 5 nitrogen and oxygen atoms in total. The summed E-state index contributed by atoms with van der Waals surface area (Å²) >= 11 is 1.46. The fraction of sp³-hybridized carbons (Fsp3) is 0.833. The molecule has 1 saturated heterocycles. The number of aromatic nitrogens is 3. The lowest BCUT2D eigenvalue weighted by Gasteiger charge is -2.21. The molecular formula is C12H21N3O2S. The first-order chi connectivity index (χ1) is 8.79. The Morgan fingerprint density at radius 2 is 2.22 bits per heavy atom. The third-order valence-corrected chi connectivity index (χ3v) is 4.00. The summed E-state index contributed by atoms with van der Waals surface area (Å²) in [4.78, 5) is 14.2. The van der Waals surface area contributed by atoms with Crippen LogP contribution in [0.15, 0.2) is 9.95 Å². The molecule has 0 aromatic carbocycles. The number of ether oxygens (including phenoxy) is 1. The Morgan fingerprint density at radius 3 is 2.89 bits per heavy atom. The van der Waals surface area contributed by atoms with Crippen molar-refractivity contribution in [3.63, 3.8) is 0 Å². The van der Waals surface area contributed by atoms with Gasteiger partial charge in [-0.2, -0.15) is 0 Å². The Morgan fingerprint density at radius 1 is 1.44 bits per heavy atom. The molecule has 2 rings (SSSR count). The maximum atomic E-state index is 11.5. The van der Waals surface area contributed by atoms with Crippen LogP contribution in [-0.4, -0.2) is 34.2 Å². The summed E-state index contributed by atoms with van der Waals surface area (Å²) in [7, 11) is 0. The van der Waals surface area contributed by atoms with Crippen molar-refractivity contribution in [2.75, 3.05) is 19.5 Å². The molecule has 0 atom stereocenters. The van der Waals surface area contributed by atoms with Gasteiger partial charge < -0.3 is 4.74 Å². The van der Waals surface area contributed by atoms with E-state index >= 15 is 0 Å². The van der Waals surface area contributed by atoms with Crippen LogP contribution in [0.25, 0.3) is 0 Å². The summed E-state index contributed by atoms with van der Waals surface area (Å²) in [5.74, 6) is 0.816. The molecular weight excluding hydrogens is 250 g/mol. The number of nitrogens with one attached hydrogen (secondary N) is 1. The Balaban J connectivity index is 1.68. The zero-order valence-electron chi connectivity index (χ0n) is 10.9. The molecule has 1 N–H and O–H groups in total. The highest BCUT2D eigenvalue weighted by atomic mass is 32.2. The minimum atomic E-state index is -0.0922. The molecule has 18 heavy (non-hydrogen) atoms. The lowest BCUT2D eigenvalue weighted by molar-refractivity contribution is 0.0630. The number of unbranched alkanes of at least 4 members (excludes halogenated alkanes) is 1. The summed E-state index contributed by atoms with van der Waals surface area (Å²) in [6.45, 7) is 2.56. The van der Waals surface area contributed by atoms with Crippen LogP contribution in [0, 0.1) is 5.92 Å². The Hall–Kier alpha value is -0.750. The number of thioether (sulfide) groups is 1. The van der Waals surface area contributed by atoms with Gasteiger partial charge in [0.2, 0.25) is 0 Å². The highest BCUT2D eigenvalue weighted by Crippen LogP contribution is 2.20. The lowest BCUT2D eigenvalue weighted by atomic mass is 9.94. The monoisotopic (exact) mass is 271 g/mol. The Labute approximate surface area is 111 Å². The molecule has 1 aromatic rings. The molecule has 0 radical (unpaired) electrons. The second kappa shape index (κ2) is 6.99. The third kappa shape index (κ3) is 3.88. The second-order valence-corrected chi connectivity index (χ2v) is 5.51. The number of hydrogen-bond acceptors (Lipinski definition) is 4. The molecule has 0 amide bonds. The van der Waals surface area contributed by atoms with Gasteiger partial charge in [0.1, 0.15) is 0 Å². The lowest BCUT2D eigenvalue weighted by Crippen LogP contribution is -2.19. The summed E-state index contributed by atoms with van der Waals surface area (Å²) in [5, 5.41) is 4.90. The average Bonchev–Trinajstić information content (AvgIpc) is 2.77. The van der Waals surface area contributed by atoms with Crippen LogP contribution in [0.2, 0.25) is 0 Å². The van der Waals surface area contributed by atoms with Crippen molar-refractivity contribution >= 4 is 11.8 Å². The molecule has 1 aliphatic heterocycles. The smallest absolute Gasteiger partial charge is 0.343 e. The van der Waals surface area contributed by atoms with Crippen molar-refractivity contribution in [1.29, 1.82) is 0 Å². The van der Waals surface area contributed by atoms with E-state index in [4.69, 9.17) is 4.74 Å². The Bertz CT molecular complexity index is 410. The third-order valence-electron chi connectivity index (χ3n) is 3.43. The molecule has 1 fully saturated rings. The van der Waals surface area contributed by atoms with Gasteiger partial charge >= 0.3 is 5.69 Å². The molecule has 0 spiro atoms. The van der Waals surface area contributed by atoms with Gasteiger partial charge in [0.25, 0.3) is 0 Å². The maximum Gasteiger partial charge on any atom is 0.343 e. The zero-order chi connectivity index (χ0) is 12.8. The van der Waals surface area contributed by atoms with Crippen LogP contribution >= 0.6 is 11.8 Å². The van der Waals surface area contributed by atoms with E-state index < -0.39 is 0 Å². The molecule has 1 aliphatic rings. The molecule has 0 aliphatic carbocycles. The first kappa shape index (κ1) is 13.7. The predicted molar refractivity (Wildman–Crippen MR) is 72.0 cm³/mol. The minimum Gasteiger partial charge on any atom is -0.381 e.